The molecule has 0 amide bonds. The monoisotopic (exact) mass is 262 g/mol. The van der Waals surface area contributed by atoms with E-state index in [4.69, 9.17) is 22.1 Å². The minimum Gasteiger partial charge on any atom is -0.490 e. The highest BCUT2D eigenvalue weighted by atomic mass is 35.5. The van der Waals surface area contributed by atoms with Crippen molar-refractivity contribution in [2.75, 3.05) is 24.2 Å². The lowest BCUT2D eigenvalue weighted by molar-refractivity contribution is 0.334. The average Bonchev–Trinajstić information content (AvgIpc) is 2.38. The molecule has 3 nitrogen and oxygen atoms in total. The Labute approximate surface area is 112 Å². The van der Waals surface area contributed by atoms with Crippen LogP contribution in [0.3, 0.4) is 0 Å². The third kappa shape index (κ3) is 3.31. The molecule has 0 atom stereocenters. The number of halogens is 1. The Balaban J connectivity index is 1.80. The molecule has 0 saturated heterocycles. The lowest BCUT2D eigenvalue weighted by Crippen LogP contribution is -2.12. The van der Waals surface area contributed by atoms with Gasteiger partial charge < -0.3 is 15.8 Å². The number of hydrogen-bond acceptors (Lipinski definition) is 3. The standard InChI is InChI=1S/C14H15ClN2O/c15-11-5-1-3-7-13(11)17-9-10-18-14-8-4-2-6-12(14)16/h1-8,17H,9-10,16H2. The maximum absolute atomic E-state index is 6.02. The SMILES string of the molecule is Nc1ccccc1OCCNc1ccccc1Cl. The van der Waals surface area contributed by atoms with E-state index in [0.717, 1.165) is 5.69 Å². The van der Waals surface area contributed by atoms with E-state index in [1.165, 1.54) is 0 Å². The molecule has 0 bridgehead atoms. The molecule has 0 aromatic heterocycles. The molecule has 2 aromatic rings. The Morgan fingerprint density at radius 1 is 1.06 bits per heavy atom. The number of benzene rings is 2. The summed E-state index contributed by atoms with van der Waals surface area (Å²) < 4.78 is 5.57. The molecule has 0 aliphatic heterocycles. The highest BCUT2D eigenvalue weighted by Gasteiger charge is 1.99. The summed E-state index contributed by atoms with van der Waals surface area (Å²) in [6.45, 7) is 1.19. The van der Waals surface area contributed by atoms with Crippen LogP contribution >= 0.6 is 11.6 Å². The minimum atomic E-state index is 0.527. The first-order valence-electron chi connectivity index (χ1n) is 5.73. The topological polar surface area (TPSA) is 47.3 Å². The van der Waals surface area contributed by atoms with Crippen molar-refractivity contribution in [3.8, 4) is 5.75 Å². The van der Waals surface area contributed by atoms with Gasteiger partial charge in [0.15, 0.2) is 0 Å². The van der Waals surface area contributed by atoms with Gasteiger partial charge in [0.2, 0.25) is 0 Å². The molecule has 4 heteroatoms. The van der Waals surface area contributed by atoms with E-state index in [0.29, 0.717) is 29.6 Å². The summed E-state index contributed by atoms with van der Waals surface area (Å²) in [5, 5.41) is 3.91. The quantitative estimate of drug-likeness (QED) is 0.641. The van der Waals surface area contributed by atoms with Gasteiger partial charge in [0.05, 0.1) is 16.4 Å². The van der Waals surface area contributed by atoms with E-state index in [1.54, 1.807) is 0 Å². The second kappa shape index (κ2) is 6.17. The number of nitrogens with one attached hydrogen (secondary N) is 1. The van der Waals surface area contributed by atoms with E-state index in [9.17, 15) is 0 Å². The van der Waals surface area contributed by atoms with Crippen molar-refractivity contribution in [1.29, 1.82) is 0 Å². The van der Waals surface area contributed by atoms with Crippen molar-refractivity contribution in [3.05, 3.63) is 53.6 Å². The third-order valence-electron chi connectivity index (χ3n) is 2.47. The van der Waals surface area contributed by atoms with Crippen LogP contribution in [-0.2, 0) is 0 Å². The van der Waals surface area contributed by atoms with E-state index in [2.05, 4.69) is 5.32 Å². The molecule has 0 fully saturated rings. The van der Waals surface area contributed by atoms with Gasteiger partial charge in [-0.2, -0.15) is 0 Å². The zero-order chi connectivity index (χ0) is 12.8. The lowest BCUT2D eigenvalue weighted by Gasteiger charge is -2.10. The van der Waals surface area contributed by atoms with Crippen LogP contribution in [0.5, 0.6) is 5.75 Å². The first-order valence-corrected chi connectivity index (χ1v) is 6.11. The Hall–Kier alpha value is -1.87. The Bertz CT molecular complexity index is 469. The van der Waals surface area contributed by atoms with Crippen LogP contribution in [0.1, 0.15) is 0 Å². The van der Waals surface area contributed by atoms with Crippen LogP contribution in [0.25, 0.3) is 0 Å². The summed E-state index contributed by atoms with van der Waals surface area (Å²) >= 11 is 6.02. The van der Waals surface area contributed by atoms with E-state index >= 15 is 0 Å². The molecule has 0 saturated carbocycles. The number of nitrogen functional groups attached to an aromatic ring is 1. The molecule has 0 unspecified atom stereocenters. The Morgan fingerprint density at radius 2 is 1.78 bits per heavy atom. The minimum absolute atomic E-state index is 0.527. The van der Waals surface area contributed by atoms with Gasteiger partial charge >= 0.3 is 0 Å². The van der Waals surface area contributed by atoms with Gasteiger partial charge in [0, 0.05) is 6.54 Å². The van der Waals surface area contributed by atoms with Gasteiger partial charge in [-0.15, -0.1) is 0 Å². The highest BCUT2D eigenvalue weighted by molar-refractivity contribution is 6.33. The predicted molar refractivity (Wildman–Crippen MR) is 76.3 cm³/mol. The molecule has 0 spiro atoms. The van der Waals surface area contributed by atoms with Crippen LogP contribution in [0, 0.1) is 0 Å². The Kier molecular flexibility index (Phi) is 4.31. The van der Waals surface area contributed by atoms with E-state index in [1.807, 2.05) is 48.5 Å². The summed E-state index contributed by atoms with van der Waals surface area (Å²) in [6, 6.07) is 15.1. The molecule has 94 valence electrons. The van der Waals surface area contributed by atoms with Crippen molar-refractivity contribution >= 4 is 23.0 Å². The molecular formula is C14H15ClN2O. The molecular weight excluding hydrogens is 248 g/mol. The van der Waals surface area contributed by atoms with E-state index < -0.39 is 0 Å². The zero-order valence-electron chi connectivity index (χ0n) is 9.90. The van der Waals surface area contributed by atoms with E-state index in [-0.39, 0.29) is 0 Å². The number of ether oxygens (including phenoxy) is 1. The van der Waals surface area contributed by atoms with Gasteiger partial charge in [0.25, 0.3) is 0 Å². The number of anilines is 2. The molecule has 3 N–H and O–H groups in total. The van der Waals surface area contributed by atoms with Crippen LogP contribution < -0.4 is 15.8 Å². The number of rotatable bonds is 5. The largest absolute Gasteiger partial charge is 0.490 e. The summed E-state index contributed by atoms with van der Waals surface area (Å²) in [4.78, 5) is 0. The molecule has 0 heterocycles. The molecule has 2 rings (SSSR count). The third-order valence-corrected chi connectivity index (χ3v) is 2.80. The fourth-order valence-corrected chi connectivity index (χ4v) is 1.77. The van der Waals surface area contributed by atoms with Crippen molar-refractivity contribution in [2.24, 2.45) is 0 Å². The maximum atomic E-state index is 6.02. The number of para-hydroxylation sites is 3. The van der Waals surface area contributed by atoms with Crippen LogP contribution in [0.2, 0.25) is 5.02 Å². The van der Waals surface area contributed by atoms with Gasteiger partial charge in [-0.25, -0.2) is 0 Å². The van der Waals surface area contributed by atoms with Crippen molar-refractivity contribution in [2.45, 2.75) is 0 Å². The second-order valence-corrected chi connectivity index (χ2v) is 4.20. The van der Waals surface area contributed by atoms with Gasteiger partial charge in [0.1, 0.15) is 12.4 Å². The summed E-state index contributed by atoms with van der Waals surface area (Å²) in [5.74, 6) is 0.707. The number of hydrogen-bond donors (Lipinski definition) is 2. The van der Waals surface area contributed by atoms with Gasteiger partial charge in [-0.05, 0) is 24.3 Å². The van der Waals surface area contributed by atoms with Crippen molar-refractivity contribution in [1.82, 2.24) is 0 Å². The fraction of sp³-hybridized carbons (Fsp3) is 0.143. The van der Waals surface area contributed by atoms with Crippen LogP contribution in [0.4, 0.5) is 11.4 Å². The smallest absolute Gasteiger partial charge is 0.142 e. The first-order chi connectivity index (χ1) is 8.77. The molecule has 18 heavy (non-hydrogen) atoms. The molecule has 0 aliphatic carbocycles. The summed E-state index contributed by atoms with van der Waals surface area (Å²) in [7, 11) is 0. The second-order valence-electron chi connectivity index (χ2n) is 3.79. The molecule has 0 aliphatic rings. The normalized spacial score (nSPS) is 10.1. The maximum Gasteiger partial charge on any atom is 0.142 e. The number of nitrogens with two attached hydrogens (primary N) is 1. The lowest BCUT2D eigenvalue weighted by atomic mass is 10.3. The van der Waals surface area contributed by atoms with Crippen LogP contribution in [-0.4, -0.2) is 13.2 Å². The first kappa shape index (κ1) is 12.6. The van der Waals surface area contributed by atoms with Gasteiger partial charge in [-0.1, -0.05) is 35.9 Å². The Morgan fingerprint density at radius 3 is 2.56 bits per heavy atom. The molecule has 2 aromatic carbocycles. The van der Waals surface area contributed by atoms with Crippen molar-refractivity contribution in [3.63, 3.8) is 0 Å². The highest BCUT2D eigenvalue weighted by Crippen LogP contribution is 2.21. The molecule has 0 radical (unpaired) electrons. The van der Waals surface area contributed by atoms with Crippen molar-refractivity contribution < 1.29 is 4.74 Å². The zero-order valence-corrected chi connectivity index (χ0v) is 10.7. The fourth-order valence-electron chi connectivity index (χ4n) is 1.56. The van der Waals surface area contributed by atoms with Crippen LogP contribution in [0.15, 0.2) is 48.5 Å². The average molecular weight is 263 g/mol. The van der Waals surface area contributed by atoms with Gasteiger partial charge in [-0.3, -0.25) is 0 Å². The summed E-state index contributed by atoms with van der Waals surface area (Å²) in [5.41, 5.74) is 7.33. The summed E-state index contributed by atoms with van der Waals surface area (Å²) in [6.07, 6.45) is 0. The predicted octanol–water partition coefficient (Wildman–Crippen LogP) is 3.41.